The van der Waals surface area contributed by atoms with E-state index >= 15 is 0 Å². The van der Waals surface area contributed by atoms with Gasteiger partial charge in [0.25, 0.3) is 0 Å². The standard InChI is InChI=1S/C19H23N3O/c1-2-22(19(23)18-7-4-10-21-18)14-15-5-3-6-17(13-15)16-8-11-20-12-9-16/h3,5-6,8-9,11-13,18,21H,2,4,7,10,14H2,1H3. The summed E-state index contributed by atoms with van der Waals surface area (Å²) in [5, 5.41) is 3.30. The van der Waals surface area contributed by atoms with Gasteiger partial charge in [-0.05, 0) is 61.2 Å². The van der Waals surface area contributed by atoms with E-state index in [2.05, 4.69) is 34.6 Å². The van der Waals surface area contributed by atoms with Crippen LogP contribution in [-0.2, 0) is 11.3 Å². The van der Waals surface area contributed by atoms with Crippen molar-refractivity contribution in [2.75, 3.05) is 13.1 Å². The summed E-state index contributed by atoms with van der Waals surface area (Å²) in [7, 11) is 0. The minimum Gasteiger partial charge on any atom is -0.337 e. The van der Waals surface area contributed by atoms with Crippen LogP contribution in [0.25, 0.3) is 11.1 Å². The third kappa shape index (κ3) is 3.77. The van der Waals surface area contributed by atoms with E-state index in [0.717, 1.165) is 42.6 Å². The molecule has 1 aliphatic heterocycles. The zero-order valence-electron chi connectivity index (χ0n) is 13.5. The van der Waals surface area contributed by atoms with E-state index in [9.17, 15) is 4.79 Å². The number of likely N-dealkylation sites (N-methyl/N-ethyl adjacent to an activating group) is 1. The lowest BCUT2D eigenvalue weighted by atomic mass is 10.0. The average Bonchev–Trinajstić information content (AvgIpc) is 3.15. The van der Waals surface area contributed by atoms with Crippen molar-refractivity contribution in [1.29, 1.82) is 0 Å². The van der Waals surface area contributed by atoms with Gasteiger partial charge < -0.3 is 10.2 Å². The third-order valence-electron chi connectivity index (χ3n) is 4.37. The van der Waals surface area contributed by atoms with Crippen molar-refractivity contribution in [2.45, 2.75) is 32.4 Å². The number of carbonyl (C=O) groups excluding carboxylic acids is 1. The molecule has 1 aliphatic rings. The van der Waals surface area contributed by atoms with Crippen molar-refractivity contribution < 1.29 is 4.79 Å². The molecule has 0 aliphatic carbocycles. The lowest BCUT2D eigenvalue weighted by Crippen LogP contribution is -2.43. The van der Waals surface area contributed by atoms with Gasteiger partial charge in [0.15, 0.2) is 0 Å². The van der Waals surface area contributed by atoms with Gasteiger partial charge >= 0.3 is 0 Å². The maximum atomic E-state index is 12.6. The summed E-state index contributed by atoms with van der Waals surface area (Å²) in [6, 6.07) is 12.4. The van der Waals surface area contributed by atoms with E-state index in [4.69, 9.17) is 0 Å². The van der Waals surface area contributed by atoms with Crippen molar-refractivity contribution in [3.05, 3.63) is 54.4 Å². The summed E-state index contributed by atoms with van der Waals surface area (Å²) in [5.41, 5.74) is 3.47. The van der Waals surface area contributed by atoms with Crippen LogP contribution in [0.15, 0.2) is 48.8 Å². The average molecular weight is 309 g/mol. The quantitative estimate of drug-likeness (QED) is 0.924. The highest BCUT2D eigenvalue weighted by Crippen LogP contribution is 2.20. The van der Waals surface area contributed by atoms with Crippen LogP contribution in [-0.4, -0.2) is 34.9 Å². The van der Waals surface area contributed by atoms with E-state index < -0.39 is 0 Å². The molecule has 2 aromatic rings. The van der Waals surface area contributed by atoms with Crippen LogP contribution < -0.4 is 5.32 Å². The normalized spacial score (nSPS) is 17.2. The molecule has 1 fully saturated rings. The topological polar surface area (TPSA) is 45.2 Å². The monoisotopic (exact) mass is 309 g/mol. The Labute approximate surface area is 137 Å². The number of nitrogens with zero attached hydrogens (tertiary/aromatic N) is 2. The molecule has 23 heavy (non-hydrogen) atoms. The van der Waals surface area contributed by atoms with Crippen LogP contribution in [0.4, 0.5) is 0 Å². The van der Waals surface area contributed by atoms with Crippen LogP contribution in [0.2, 0.25) is 0 Å². The molecule has 0 saturated carbocycles. The lowest BCUT2D eigenvalue weighted by molar-refractivity contribution is -0.133. The second-order valence-corrected chi connectivity index (χ2v) is 5.94. The third-order valence-corrected chi connectivity index (χ3v) is 4.37. The van der Waals surface area contributed by atoms with Crippen molar-refractivity contribution in [3.8, 4) is 11.1 Å². The molecule has 4 nitrogen and oxygen atoms in total. The summed E-state index contributed by atoms with van der Waals surface area (Å²) in [5.74, 6) is 0.222. The Bertz CT molecular complexity index is 651. The summed E-state index contributed by atoms with van der Waals surface area (Å²) < 4.78 is 0. The SMILES string of the molecule is CCN(Cc1cccc(-c2ccncc2)c1)C(=O)C1CCCN1. The molecule has 1 atom stereocenters. The summed E-state index contributed by atoms with van der Waals surface area (Å²) in [6.07, 6.45) is 5.64. The first-order chi connectivity index (χ1) is 11.3. The van der Waals surface area contributed by atoms with Gasteiger partial charge in [-0.1, -0.05) is 18.2 Å². The van der Waals surface area contributed by atoms with Crippen LogP contribution >= 0.6 is 0 Å². The van der Waals surface area contributed by atoms with Crippen molar-refractivity contribution >= 4 is 5.91 Å². The van der Waals surface area contributed by atoms with E-state index in [1.807, 2.05) is 24.0 Å². The number of hydrogen-bond donors (Lipinski definition) is 1. The van der Waals surface area contributed by atoms with Crippen LogP contribution in [0.5, 0.6) is 0 Å². The molecule has 2 heterocycles. The molecular weight excluding hydrogens is 286 g/mol. The minimum atomic E-state index is -0.00155. The van der Waals surface area contributed by atoms with Crippen molar-refractivity contribution in [1.82, 2.24) is 15.2 Å². The first-order valence-electron chi connectivity index (χ1n) is 8.29. The van der Waals surface area contributed by atoms with Gasteiger partial charge in [-0.3, -0.25) is 9.78 Å². The van der Waals surface area contributed by atoms with Gasteiger partial charge in [-0.15, -0.1) is 0 Å². The Balaban J connectivity index is 1.75. The van der Waals surface area contributed by atoms with Gasteiger partial charge in [0.1, 0.15) is 0 Å². The number of amides is 1. The van der Waals surface area contributed by atoms with Crippen molar-refractivity contribution in [2.24, 2.45) is 0 Å². The predicted octanol–water partition coefficient (Wildman–Crippen LogP) is 2.85. The maximum Gasteiger partial charge on any atom is 0.239 e. The Hall–Kier alpha value is -2.20. The summed E-state index contributed by atoms with van der Waals surface area (Å²) >= 11 is 0. The Morgan fingerprint density at radius 2 is 2.09 bits per heavy atom. The fourth-order valence-electron chi connectivity index (χ4n) is 3.08. The maximum absolute atomic E-state index is 12.6. The van der Waals surface area contributed by atoms with Gasteiger partial charge in [0, 0.05) is 25.5 Å². The Morgan fingerprint density at radius 3 is 2.78 bits per heavy atom. The van der Waals surface area contributed by atoms with Crippen LogP contribution in [0, 0.1) is 0 Å². The van der Waals surface area contributed by atoms with Gasteiger partial charge in [0.05, 0.1) is 6.04 Å². The molecule has 0 radical (unpaired) electrons. The number of benzene rings is 1. The fraction of sp³-hybridized carbons (Fsp3) is 0.368. The molecule has 0 bridgehead atoms. The van der Waals surface area contributed by atoms with Gasteiger partial charge in [-0.25, -0.2) is 0 Å². The van der Waals surface area contributed by atoms with Gasteiger partial charge in [-0.2, -0.15) is 0 Å². The van der Waals surface area contributed by atoms with Crippen LogP contribution in [0.1, 0.15) is 25.3 Å². The predicted molar refractivity (Wildman–Crippen MR) is 91.8 cm³/mol. The molecule has 1 amide bonds. The molecule has 4 heteroatoms. The first-order valence-corrected chi connectivity index (χ1v) is 8.29. The number of carbonyl (C=O) groups is 1. The minimum absolute atomic E-state index is 0.00155. The zero-order valence-corrected chi connectivity index (χ0v) is 13.5. The van der Waals surface area contributed by atoms with Crippen LogP contribution in [0.3, 0.4) is 0 Å². The highest BCUT2D eigenvalue weighted by molar-refractivity contribution is 5.82. The lowest BCUT2D eigenvalue weighted by Gasteiger charge is -2.24. The Morgan fingerprint density at radius 1 is 1.26 bits per heavy atom. The molecule has 3 rings (SSSR count). The molecule has 0 spiro atoms. The zero-order chi connectivity index (χ0) is 16.1. The molecule has 1 N–H and O–H groups in total. The van der Waals surface area contributed by atoms with E-state index in [1.54, 1.807) is 12.4 Å². The summed E-state index contributed by atoms with van der Waals surface area (Å²) in [4.78, 5) is 18.6. The highest BCUT2D eigenvalue weighted by atomic mass is 16.2. The molecule has 1 unspecified atom stereocenters. The van der Waals surface area contributed by atoms with E-state index in [1.165, 1.54) is 0 Å². The fourth-order valence-corrected chi connectivity index (χ4v) is 3.08. The number of pyridine rings is 1. The summed E-state index contributed by atoms with van der Waals surface area (Å²) in [6.45, 7) is 4.38. The molecule has 1 aromatic heterocycles. The molecule has 120 valence electrons. The molecule has 1 saturated heterocycles. The number of nitrogens with one attached hydrogen (secondary N) is 1. The molecular formula is C19H23N3O. The number of hydrogen-bond acceptors (Lipinski definition) is 3. The second-order valence-electron chi connectivity index (χ2n) is 5.94. The van der Waals surface area contributed by atoms with Crippen molar-refractivity contribution in [3.63, 3.8) is 0 Å². The number of rotatable bonds is 5. The van der Waals surface area contributed by atoms with E-state index in [-0.39, 0.29) is 11.9 Å². The smallest absolute Gasteiger partial charge is 0.239 e. The largest absolute Gasteiger partial charge is 0.337 e. The second kappa shape index (κ2) is 7.38. The Kier molecular flexibility index (Phi) is 5.03. The number of aromatic nitrogens is 1. The van der Waals surface area contributed by atoms with E-state index in [0.29, 0.717) is 6.54 Å². The van der Waals surface area contributed by atoms with Gasteiger partial charge in [0.2, 0.25) is 5.91 Å². The molecule has 1 aromatic carbocycles. The highest BCUT2D eigenvalue weighted by Gasteiger charge is 2.26. The first kappa shape index (κ1) is 15.7.